The van der Waals surface area contributed by atoms with Crippen molar-refractivity contribution in [2.24, 2.45) is 11.3 Å². The predicted octanol–water partition coefficient (Wildman–Crippen LogP) is 16.1. The Morgan fingerprint density at radius 1 is 0.547 bits per heavy atom. The summed E-state index contributed by atoms with van der Waals surface area (Å²) in [4.78, 5) is 2.36. The fourth-order valence-corrected chi connectivity index (χ4v) is 8.65. The summed E-state index contributed by atoms with van der Waals surface area (Å²) in [5, 5.41) is 33.0. The van der Waals surface area contributed by atoms with Gasteiger partial charge in [0, 0.05) is 64.0 Å². The van der Waals surface area contributed by atoms with Crippen LogP contribution in [0.15, 0.2) is 128 Å². The van der Waals surface area contributed by atoms with Gasteiger partial charge in [-0.05, 0) is 185 Å². The molecule has 6 aromatic carbocycles. The highest BCUT2D eigenvalue weighted by Crippen LogP contribution is 2.39. The lowest BCUT2D eigenvalue weighted by atomic mass is 9.83. The number of anilines is 7. The van der Waals surface area contributed by atoms with Crippen LogP contribution in [0.1, 0.15) is 122 Å². The van der Waals surface area contributed by atoms with Crippen LogP contribution in [0.5, 0.6) is 11.5 Å². The minimum Gasteiger partial charge on any atom is -0.507 e. The van der Waals surface area contributed by atoms with E-state index in [1.54, 1.807) is 0 Å². The maximum Gasteiger partial charge on any atom is 0.126 e. The van der Waals surface area contributed by atoms with E-state index in [0.29, 0.717) is 35.9 Å². The summed E-state index contributed by atoms with van der Waals surface area (Å²) in [5.41, 5.74) is 15.0. The van der Waals surface area contributed by atoms with Crippen LogP contribution in [0, 0.1) is 18.3 Å². The molecule has 0 aliphatic rings. The molecule has 0 saturated carbocycles. The van der Waals surface area contributed by atoms with E-state index >= 15 is 0 Å². The molecule has 6 rings (SSSR count). The summed E-state index contributed by atoms with van der Waals surface area (Å²) >= 11 is 0. The van der Waals surface area contributed by atoms with Gasteiger partial charge in [0.25, 0.3) is 0 Å². The van der Waals surface area contributed by atoms with Crippen molar-refractivity contribution in [1.82, 2.24) is 0 Å². The largest absolute Gasteiger partial charge is 0.507 e. The number of rotatable bonds is 15. The summed E-state index contributed by atoms with van der Waals surface area (Å²) in [5.74, 6) is 1.31. The van der Waals surface area contributed by atoms with E-state index in [1.165, 1.54) is 12.0 Å². The second-order valence-corrected chi connectivity index (χ2v) is 21.3. The summed E-state index contributed by atoms with van der Waals surface area (Å²) in [7, 11) is 0. The fraction of sp³-hybridized carbons (Fsp3) is 0.345. The van der Waals surface area contributed by atoms with E-state index in [9.17, 15) is 10.2 Å². The Morgan fingerprint density at radius 3 is 1.31 bits per heavy atom. The molecule has 0 aromatic heterocycles. The van der Waals surface area contributed by atoms with Gasteiger partial charge in [0.2, 0.25) is 0 Å². The summed E-state index contributed by atoms with van der Waals surface area (Å²) in [6.45, 7) is 31.4. The van der Waals surface area contributed by atoms with Crippen molar-refractivity contribution < 1.29 is 10.2 Å². The van der Waals surface area contributed by atoms with Crippen LogP contribution >= 0.6 is 0 Å². The van der Waals surface area contributed by atoms with E-state index in [2.05, 4.69) is 218 Å². The lowest BCUT2D eigenvalue weighted by molar-refractivity contribution is 0.306. The summed E-state index contributed by atoms with van der Waals surface area (Å²) in [6.07, 6.45) is 2.32. The highest BCUT2D eigenvalue weighted by Gasteiger charge is 2.24. The monoisotopic (exact) mass is 857 g/mol. The third kappa shape index (κ3) is 12.7. The van der Waals surface area contributed by atoms with Gasteiger partial charge in [-0.3, -0.25) is 0 Å². The fourth-order valence-electron chi connectivity index (χ4n) is 8.65. The van der Waals surface area contributed by atoms with Crippen LogP contribution < -0.4 is 20.9 Å². The van der Waals surface area contributed by atoms with E-state index in [4.69, 9.17) is 0 Å². The molecule has 0 heterocycles. The lowest BCUT2D eigenvalue weighted by Gasteiger charge is -2.29. The van der Waals surface area contributed by atoms with Gasteiger partial charge in [0.05, 0.1) is 0 Å². The van der Waals surface area contributed by atoms with E-state index in [0.717, 1.165) is 85.2 Å². The number of nitrogens with one attached hydrogen (secondary N) is 3. The normalized spacial score (nSPS) is 12.4. The zero-order valence-corrected chi connectivity index (χ0v) is 40.5. The predicted molar refractivity (Wildman–Crippen MR) is 276 cm³/mol. The van der Waals surface area contributed by atoms with E-state index in [-0.39, 0.29) is 10.8 Å². The number of hydrogen-bond donors (Lipinski definition) is 5. The number of aromatic hydroxyl groups is 2. The van der Waals surface area contributed by atoms with Crippen LogP contribution in [0.2, 0.25) is 0 Å². The number of aryl methyl sites for hydroxylation is 1. The first-order valence-corrected chi connectivity index (χ1v) is 22.8. The van der Waals surface area contributed by atoms with Crippen LogP contribution in [0.3, 0.4) is 0 Å². The Morgan fingerprint density at radius 2 is 0.922 bits per heavy atom. The van der Waals surface area contributed by atoms with Crippen LogP contribution in [-0.4, -0.2) is 10.2 Å². The number of benzene rings is 6. The second kappa shape index (κ2) is 19.3. The molecule has 0 bridgehead atoms. The molecule has 1 atom stereocenters. The van der Waals surface area contributed by atoms with Crippen molar-refractivity contribution in [3.05, 3.63) is 167 Å². The molecule has 0 radical (unpaired) electrons. The maximum atomic E-state index is 11.3. The number of phenols is 2. The highest BCUT2D eigenvalue weighted by molar-refractivity contribution is 5.71. The number of nitrogens with zero attached hydrogens (tertiary/aromatic N) is 1. The Balaban J connectivity index is 1.13. The van der Waals surface area contributed by atoms with Crippen molar-refractivity contribution in [2.75, 3.05) is 20.9 Å². The molecule has 336 valence electrons. The Bertz CT molecular complexity index is 2520. The zero-order valence-electron chi connectivity index (χ0n) is 40.5. The van der Waals surface area contributed by atoms with E-state index < -0.39 is 0 Å². The van der Waals surface area contributed by atoms with Crippen LogP contribution in [0.25, 0.3) is 5.57 Å². The lowest BCUT2D eigenvalue weighted by Crippen LogP contribution is -2.23. The van der Waals surface area contributed by atoms with Crippen molar-refractivity contribution in [1.29, 1.82) is 0 Å². The van der Waals surface area contributed by atoms with Gasteiger partial charge in [0.15, 0.2) is 0 Å². The van der Waals surface area contributed by atoms with Gasteiger partial charge in [-0.25, -0.2) is 0 Å². The summed E-state index contributed by atoms with van der Waals surface area (Å²) in [6, 6.07) is 42.6. The van der Waals surface area contributed by atoms with Gasteiger partial charge >= 0.3 is 0 Å². The molecule has 1 unspecified atom stereocenters. The Hall–Kier alpha value is -6.14. The molecule has 0 aliphatic heterocycles. The van der Waals surface area contributed by atoms with Gasteiger partial charge in [-0.15, -0.1) is 0 Å². The molecular weight excluding hydrogens is 785 g/mol. The number of allylic oxidation sites excluding steroid dienone is 1. The SMILES string of the molecule is C=C(C)c1cc(CN(Cc2cc(C)c(O)c(C(C)(C)C)c2)c2ccc(Nc3ccc(Nc4ccc(Nc5ccc(CC(C)CC(C)(C)C)cc5)cc4)cc3)cc2)cc(C(C)(C)C)c1O. The first-order chi connectivity index (χ1) is 30.0. The molecule has 64 heavy (non-hydrogen) atoms. The third-order valence-electron chi connectivity index (χ3n) is 11.7. The molecule has 6 heteroatoms. The number of hydrogen-bond acceptors (Lipinski definition) is 6. The first-order valence-electron chi connectivity index (χ1n) is 22.8. The minimum absolute atomic E-state index is 0.214. The van der Waals surface area contributed by atoms with Crippen molar-refractivity contribution in [3.8, 4) is 11.5 Å². The van der Waals surface area contributed by atoms with Crippen LogP contribution in [0.4, 0.5) is 39.8 Å². The molecule has 0 saturated heterocycles. The molecule has 5 N–H and O–H groups in total. The van der Waals surface area contributed by atoms with Crippen molar-refractivity contribution >= 4 is 45.4 Å². The quantitative estimate of drug-likeness (QED) is 0.0708. The molecule has 0 amide bonds. The maximum absolute atomic E-state index is 11.3. The Kier molecular flexibility index (Phi) is 14.3. The third-order valence-corrected chi connectivity index (χ3v) is 11.7. The van der Waals surface area contributed by atoms with Crippen molar-refractivity contribution in [3.63, 3.8) is 0 Å². The minimum atomic E-state index is -0.255. The number of phenolic OH excluding ortho intramolecular Hbond substituents is 2. The van der Waals surface area contributed by atoms with Crippen LogP contribution in [-0.2, 0) is 30.3 Å². The van der Waals surface area contributed by atoms with Gasteiger partial charge < -0.3 is 31.1 Å². The summed E-state index contributed by atoms with van der Waals surface area (Å²) < 4.78 is 0. The van der Waals surface area contributed by atoms with Gasteiger partial charge in [-0.1, -0.05) is 94.0 Å². The molecule has 6 nitrogen and oxygen atoms in total. The van der Waals surface area contributed by atoms with E-state index in [1.807, 2.05) is 13.8 Å². The second-order valence-electron chi connectivity index (χ2n) is 21.3. The smallest absolute Gasteiger partial charge is 0.126 e. The molecular formula is C58H72N4O2. The van der Waals surface area contributed by atoms with Crippen molar-refractivity contribution in [2.45, 2.75) is 120 Å². The molecule has 0 aliphatic carbocycles. The average molecular weight is 857 g/mol. The highest BCUT2D eigenvalue weighted by atomic mass is 16.3. The molecule has 0 fully saturated rings. The van der Waals surface area contributed by atoms with Gasteiger partial charge in [-0.2, -0.15) is 0 Å². The Labute approximate surface area is 384 Å². The standard InChI is InChI=1S/C58H72N4O2/c1-38(2)51-32-43(34-53(55(51)64)58(11,12)13)37-62(36-42-31-40(4)54(63)52(33-42)57(8,9)10)50-28-26-49(27-29-50)61-48-24-22-47(23-25-48)60-46-20-18-45(19-21-46)59-44-16-14-41(15-17-44)30-39(3)35-56(5,6)7/h14-29,31-34,39,59-61,63-64H,1,30,35-37H2,2-13H3. The molecule has 6 aromatic rings. The first kappa shape index (κ1) is 47.3. The molecule has 0 spiro atoms. The average Bonchev–Trinajstić information content (AvgIpc) is 3.20. The zero-order chi connectivity index (χ0) is 46.6. The topological polar surface area (TPSA) is 79.8 Å². The van der Waals surface area contributed by atoms with Gasteiger partial charge in [0.1, 0.15) is 11.5 Å².